The molecule has 20 heavy (non-hydrogen) atoms. The van der Waals surface area contributed by atoms with Crippen molar-refractivity contribution in [2.45, 2.75) is 27.7 Å². The molecule has 0 aliphatic heterocycles. The second kappa shape index (κ2) is 8.92. The van der Waals surface area contributed by atoms with Crippen LogP contribution in [0.4, 0.5) is 0 Å². The van der Waals surface area contributed by atoms with Crippen LogP contribution in [-0.4, -0.2) is 0 Å². The van der Waals surface area contributed by atoms with Crippen LogP contribution in [0.1, 0.15) is 25.0 Å². The van der Waals surface area contributed by atoms with Crippen LogP contribution in [0.25, 0.3) is 10.8 Å². The Kier molecular flexibility index (Phi) is 7.13. The first-order valence-electron chi connectivity index (χ1n) is 7.23. The number of fused-ring (bicyclic) bond motifs is 1. The molecule has 0 nitrogen and oxygen atoms in total. The van der Waals surface area contributed by atoms with Gasteiger partial charge in [0.2, 0.25) is 0 Å². The van der Waals surface area contributed by atoms with Crippen LogP contribution < -0.4 is 0 Å². The van der Waals surface area contributed by atoms with Crippen LogP contribution in [0.2, 0.25) is 0 Å². The third-order valence-corrected chi connectivity index (χ3v) is 2.85. The van der Waals surface area contributed by atoms with Crippen molar-refractivity contribution in [1.29, 1.82) is 0 Å². The van der Waals surface area contributed by atoms with Gasteiger partial charge in [0.05, 0.1) is 0 Å². The Morgan fingerprint density at radius 2 is 1.05 bits per heavy atom. The highest BCUT2D eigenvalue weighted by atomic mass is 13.9. The molecule has 0 heterocycles. The summed E-state index contributed by atoms with van der Waals surface area (Å²) in [7, 11) is 0. The number of hydrogen-bond donors (Lipinski definition) is 0. The second-order valence-corrected chi connectivity index (χ2v) is 4.51. The molecular weight excluding hydrogens is 240 g/mol. The molecule has 0 amide bonds. The SMILES string of the molecule is CC.Cc1ccc2ccccc2c1.Cc1ccccc1. The first kappa shape index (κ1) is 16.0. The Balaban J connectivity index is 0.000000193. The third kappa shape index (κ3) is 5.27. The molecule has 0 saturated heterocycles. The van der Waals surface area contributed by atoms with E-state index in [0.29, 0.717) is 0 Å². The Bertz CT molecular complexity index is 609. The minimum atomic E-state index is 1.32. The summed E-state index contributed by atoms with van der Waals surface area (Å²) in [6.07, 6.45) is 0. The lowest BCUT2D eigenvalue weighted by Crippen LogP contribution is -1.73. The average molecular weight is 264 g/mol. The number of benzene rings is 3. The Morgan fingerprint density at radius 1 is 0.500 bits per heavy atom. The van der Waals surface area contributed by atoms with E-state index in [9.17, 15) is 0 Å². The van der Waals surface area contributed by atoms with Crippen molar-refractivity contribution >= 4 is 10.8 Å². The lowest BCUT2D eigenvalue weighted by Gasteiger charge is -1.96. The molecule has 3 aromatic carbocycles. The van der Waals surface area contributed by atoms with Gasteiger partial charge >= 0.3 is 0 Å². The summed E-state index contributed by atoms with van der Waals surface area (Å²) in [5.41, 5.74) is 2.64. The number of hydrogen-bond acceptors (Lipinski definition) is 0. The molecule has 0 N–H and O–H groups in total. The van der Waals surface area contributed by atoms with Crippen LogP contribution in [-0.2, 0) is 0 Å². The zero-order valence-electron chi connectivity index (χ0n) is 12.9. The molecule has 0 spiro atoms. The lowest BCUT2D eigenvalue weighted by atomic mass is 10.1. The van der Waals surface area contributed by atoms with E-state index in [2.05, 4.69) is 68.4 Å². The largest absolute Gasteiger partial charge is 0.0683 e. The maximum atomic E-state index is 2.20. The van der Waals surface area contributed by atoms with Crippen molar-refractivity contribution in [2.24, 2.45) is 0 Å². The van der Waals surface area contributed by atoms with E-state index >= 15 is 0 Å². The Hall–Kier alpha value is -2.08. The molecule has 0 aliphatic carbocycles. The van der Waals surface area contributed by atoms with Crippen molar-refractivity contribution in [3.05, 3.63) is 83.9 Å². The normalized spacial score (nSPS) is 9.00. The van der Waals surface area contributed by atoms with Gasteiger partial charge in [0.1, 0.15) is 0 Å². The predicted molar refractivity (Wildman–Crippen MR) is 91.2 cm³/mol. The third-order valence-electron chi connectivity index (χ3n) is 2.85. The van der Waals surface area contributed by atoms with E-state index < -0.39 is 0 Å². The molecule has 0 bridgehead atoms. The first-order valence-corrected chi connectivity index (χ1v) is 7.23. The minimum absolute atomic E-state index is 1.32. The average Bonchev–Trinajstić information content (AvgIpc) is 2.50. The van der Waals surface area contributed by atoms with E-state index in [4.69, 9.17) is 0 Å². The second-order valence-electron chi connectivity index (χ2n) is 4.51. The molecule has 0 aromatic heterocycles. The summed E-state index contributed by atoms with van der Waals surface area (Å²) in [6, 6.07) is 25.2. The van der Waals surface area contributed by atoms with Crippen LogP contribution >= 0.6 is 0 Å². The first-order chi connectivity index (χ1) is 9.75. The quantitative estimate of drug-likeness (QED) is 0.455. The lowest BCUT2D eigenvalue weighted by molar-refractivity contribution is 1.48. The van der Waals surface area contributed by atoms with Gasteiger partial charge in [-0.2, -0.15) is 0 Å². The minimum Gasteiger partial charge on any atom is -0.0683 e. The molecule has 3 rings (SSSR count). The molecule has 0 heteroatoms. The molecule has 0 unspecified atom stereocenters. The predicted octanol–water partition coefficient (Wildman–Crippen LogP) is 6.17. The van der Waals surface area contributed by atoms with Gasteiger partial charge in [0.25, 0.3) is 0 Å². The molecular formula is C20H24. The van der Waals surface area contributed by atoms with E-state index in [-0.39, 0.29) is 0 Å². The molecule has 3 aromatic rings. The van der Waals surface area contributed by atoms with Crippen molar-refractivity contribution in [3.8, 4) is 0 Å². The van der Waals surface area contributed by atoms with Crippen LogP contribution in [0.5, 0.6) is 0 Å². The fourth-order valence-corrected chi connectivity index (χ4v) is 1.84. The van der Waals surface area contributed by atoms with Gasteiger partial charge in [-0.15, -0.1) is 0 Å². The zero-order valence-corrected chi connectivity index (χ0v) is 12.9. The standard InChI is InChI=1S/C11H10.C7H8.C2H6/c1-9-6-7-10-4-2-3-5-11(10)8-9;1-7-5-3-2-4-6-7;1-2/h2-8H,1H3;2-6H,1H3;1-2H3. The zero-order chi connectivity index (χ0) is 14.8. The van der Waals surface area contributed by atoms with Crippen molar-refractivity contribution in [3.63, 3.8) is 0 Å². The maximum absolute atomic E-state index is 2.20. The van der Waals surface area contributed by atoms with E-state index in [0.717, 1.165) is 0 Å². The number of aryl methyl sites for hydroxylation is 2. The Morgan fingerprint density at radius 3 is 1.60 bits per heavy atom. The molecule has 0 saturated carbocycles. The molecule has 104 valence electrons. The fourth-order valence-electron chi connectivity index (χ4n) is 1.84. The van der Waals surface area contributed by atoms with E-state index in [1.54, 1.807) is 0 Å². The van der Waals surface area contributed by atoms with Crippen LogP contribution in [0.3, 0.4) is 0 Å². The fraction of sp³-hybridized carbons (Fsp3) is 0.200. The van der Waals surface area contributed by atoms with Gasteiger partial charge in [0, 0.05) is 0 Å². The summed E-state index contributed by atoms with van der Waals surface area (Å²) < 4.78 is 0. The van der Waals surface area contributed by atoms with Crippen LogP contribution in [0.15, 0.2) is 72.8 Å². The van der Waals surface area contributed by atoms with Crippen LogP contribution in [0, 0.1) is 13.8 Å². The maximum Gasteiger partial charge on any atom is -0.0181 e. The van der Waals surface area contributed by atoms with Crippen molar-refractivity contribution in [1.82, 2.24) is 0 Å². The van der Waals surface area contributed by atoms with Gasteiger partial charge in [0.15, 0.2) is 0 Å². The summed E-state index contributed by atoms with van der Waals surface area (Å²) >= 11 is 0. The smallest absolute Gasteiger partial charge is 0.0181 e. The molecule has 0 aliphatic rings. The topological polar surface area (TPSA) is 0 Å². The monoisotopic (exact) mass is 264 g/mol. The highest BCUT2D eigenvalue weighted by molar-refractivity contribution is 5.82. The van der Waals surface area contributed by atoms with Gasteiger partial charge in [-0.3, -0.25) is 0 Å². The molecule has 0 radical (unpaired) electrons. The Labute approximate surface area is 123 Å². The highest BCUT2D eigenvalue weighted by Gasteiger charge is 1.89. The molecule has 0 atom stereocenters. The summed E-state index contributed by atoms with van der Waals surface area (Å²) in [6.45, 7) is 8.20. The molecule has 0 fully saturated rings. The summed E-state index contributed by atoms with van der Waals surface area (Å²) in [5.74, 6) is 0. The summed E-state index contributed by atoms with van der Waals surface area (Å²) in [5, 5.41) is 2.64. The van der Waals surface area contributed by atoms with Gasteiger partial charge in [-0.25, -0.2) is 0 Å². The van der Waals surface area contributed by atoms with E-state index in [1.807, 2.05) is 32.0 Å². The summed E-state index contributed by atoms with van der Waals surface area (Å²) in [4.78, 5) is 0. The number of rotatable bonds is 0. The van der Waals surface area contributed by atoms with E-state index in [1.165, 1.54) is 21.9 Å². The van der Waals surface area contributed by atoms with Gasteiger partial charge in [-0.1, -0.05) is 97.8 Å². The highest BCUT2D eigenvalue weighted by Crippen LogP contribution is 2.14. The van der Waals surface area contributed by atoms with Gasteiger partial charge < -0.3 is 0 Å². The van der Waals surface area contributed by atoms with Crippen molar-refractivity contribution in [2.75, 3.05) is 0 Å². The van der Waals surface area contributed by atoms with Gasteiger partial charge in [-0.05, 0) is 24.6 Å². The van der Waals surface area contributed by atoms with Crippen molar-refractivity contribution < 1.29 is 0 Å².